The van der Waals surface area contributed by atoms with Crippen molar-refractivity contribution in [3.8, 4) is 23.0 Å². The number of thiocarbonyl (C=S) groups is 1. The number of fused-ring (bicyclic) bond motifs is 1. The summed E-state index contributed by atoms with van der Waals surface area (Å²) in [5.74, 6) is 3.12. The van der Waals surface area contributed by atoms with Gasteiger partial charge in [0, 0.05) is 44.0 Å². The Hall–Kier alpha value is -2.87. The van der Waals surface area contributed by atoms with Crippen molar-refractivity contribution in [1.29, 1.82) is 0 Å². The molecule has 8 heteroatoms. The third kappa shape index (κ3) is 4.27. The molecule has 4 rings (SSSR count). The van der Waals surface area contributed by atoms with E-state index in [9.17, 15) is 0 Å². The van der Waals surface area contributed by atoms with Crippen molar-refractivity contribution < 1.29 is 18.9 Å². The van der Waals surface area contributed by atoms with Crippen LogP contribution in [0.5, 0.6) is 23.0 Å². The zero-order valence-electron chi connectivity index (χ0n) is 16.6. The van der Waals surface area contributed by atoms with Gasteiger partial charge in [0.05, 0.1) is 19.9 Å². The van der Waals surface area contributed by atoms with Crippen LogP contribution in [0.3, 0.4) is 0 Å². The average molecular weight is 416 g/mol. The standard InChI is InChI=1S/C21H25N3O4S/c1-25-16-4-5-17(19(14-16)26-2)23-7-9-24(10-8-23)21(29)22-15-3-6-18-20(13-15)28-12-11-27-18/h3-6,13-14H,7-12H2,1-2H3,(H,22,29). The van der Waals surface area contributed by atoms with Crippen molar-refractivity contribution >= 4 is 28.7 Å². The molecule has 1 fully saturated rings. The molecular formula is C21H25N3O4S. The van der Waals surface area contributed by atoms with Gasteiger partial charge in [0.1, 0.15) is 24.7 Å². The van der Waals surface area contributed by atoms with Gasteiger partial charge in [-0.05, 0) is 36.5 Å². The van der Waals surface area contributed by atoms with E-state index in [4.69, 9.17) is 31.2 Å². The summed E-state index contributed by atoms with van der Waals surface area (Å²) in [6.45, 7) is 4.51. The smallest absolute Gasteiger partial charge is 0.173 e. The first-order valence-corrected chi connectivity index (χ1v) is 10.0. The lowest BCUT2D eigenvalue weighted by atomic mass is 10.2. The quantitative estimate of drug-likeness (QED) is 0.765. The van der Waals surface area contributed by atoms with Crippen molar-refractivity contribution in [3.05, 3.63) is 36.4 Å². The number of nitrogens with one attached hydrogen (secondary N) is 1. The topological polar surface area (TPSA) is 55.4 Å². The summed E-state index contributed by atoms with van der Waals surface area (Å²) in [5, 5.41) is 4.03. The fraction of sp³-hybridized carbons (Fsp3) is 0.381. The normalized spacial score (nSPS) is 15.7. The molecule has 0 radical (unpaired) electrons. The third-order valence-corrected chi connectivity index (χ3v) is 5.45. The minimum atomic E-state index is 0.567. The number of piperazine rings is 1. The van der Waals surface area contributed by atoms with Crippen molar-refractivity contribution in [2.45, 2.75) is 0 Å². The summed E-state index contributed by atoms with van der Waals surface area (Å²) in [7, 11) is 3.34. The molecule has 2 aromatic rings. The first-order chi connectivity index (χ1) is 14.2. The van der Waals surface area contributed by atoms with Gasteiger partial charge < -0.3 is 34.1 Å². The second-order valence-corrected chi connectivity index (χ2v) is 7.19. The van der Waals surface area contributed by atoms with Crippen molar-refractivity contribution in [2.75, 3.05) is 63.8 Å². The Bertz CT molecular complexity index is 884. The van der Waals surface area contributed by atoms with Crippen molar-refractivity contribution in [3.63, 3.8) is 0 Å². The van der Waals surface area contributed by atoms with Gasteiger partial charge in [-0.2, -0.15) is 0 Å². The molecule has 0 unspecified atom stereocenters. The highest BCUT2D eigenvalue weighted by Gasteiger charge is 2.22. The Labute approximate surface area is 176 Å². The molecule has 2 heterocycles. The van der Waals surface area contributed by atoms with Crippen molar-refractivity contribution in [2.24, 2.45) is 0 Å². The number of methoxy groups -OCH3 is 2. The molecule has 154 valence electrons. The predicted molar refractivity (Wildman–Crippen MR) is 117 cm³/mol. The van der Waals surface area contributed by atoms with Gasteiger partial charge in [-0.15, -0.1) is 0 Å². The van der Waals surface area contributed by atoms with E-state index in [-0.39, 0.29) is 0 Å². The maximum absolute atomic E-state index is 5.64. The van der Waals surface area contributed by atoms with Crippen LogP contribution in [0, 0.1) is 0 Å². The molecule has 0 spiro atoms. The fourth-order valence-corrected chi connectivity index (χ4v) is 3.82. The fourth-order valence-electron chi connectivity index (χ4n) is 3.52. The van der Waals surface area contributed by atoms with Gasteiger partial charge in [-0.3, -0.25) is 0 Å². The predicted octanol–water partition coefficient (Wildman–Crippen LogP) is 2.99. The second kappa shape index (κ2) is 8.65. The molecule has 7 nitrogen and oxygen atoms in total. The minimum absolute atomic E-state index is 0.567. The van der Waals surface area contributed by atoms with Gasteiger partial charge >= 0.3 is 0 Å². The van der Waals surface area contributed by atoms with E-state index in [1.54, 1.807) is 14.2 Å². The molecule has 0 atom stereocenters. The second-order valence-electron chi connectivity index (χ2n) is 6.80. The van der Waals surface area contributed by atoms with Gasteiger partial charge in [-0.25, -0.2) is 0 Å². The number of ether oxygens (including phenoxy) is 4. The SMILES string of the molecule is COc1ccc(N2CCN(C(=S)Nc3ccc4c(c3)OCCO4)CC2)c(OC)c1. The zero-order chi connectivity index (χ0) is 20.2. The lowest BCUT2D eigenvalue weighted by Gasteiger charge is -2.38. The van der Waals surface area contributed by atoms with E-state index < -0.39 is 0 Å². The molecule has 0 aromatic heterocycles. The highest BCUT2D eigenvalue weighted by molar-refractivity contribution is 7.80. The summed E-state index contributed by atoms with van der Waals surface area (Å²) in [6.07, 6.45) is 0. The monoisotopic (exact) mass is 415 g/mol. The summed E-state index contributed by atoms with van der Waals surface area (Å²) < 4.78 is 22.0. The van der Waals surface area contributed by atoms with Gasteiger partial charge in [-0.1, -0.05) is 0 Å². The molecule has 1 saturated heterocycles. The Morgan fingerprint density at radius 2 is 1.69 bits per heavy atom. The van der Waals surface area contributed by atoms with Crippen LogP contribution in [-0.4, -0.2) is 63.6 Å². The van der Waals surface area contributed by atoms with Gasteiger partial charge in [0.25, 0.3) is 0 Å². The minimum Gasteiger partial charge on any atom is -0.497 e. The van der Waals surface area contributed by atoms with Crippen LogP contribution in [-0.2, 0) is 0 Å². The number of rotatable bonds is 4. The first kappa shape index (κ1) is 19.4. The molecular weight excluding hydrogens is 390 g/mol. The van der Waals surface area contributed by atoms with E-state index in [2.05, 4.69) is 15.1 Å². The lowest BCUT2D eigenvalue weighted by molar-refractivity contribution is 0.171. The first-order valence-electron chi connectivity index (χ1n) is 9.60. The average Bonchev–Trinajstić information content (AvgIpc) is 2.78. The number of anilines is 2. The Kier molecular flexibility index (Phi) is 5.80. The zero-order valence-corrected chi connectivity index (χ0v) is 17.5. The Balaban J connectivity index is 1.36. The van der Waals surface area contributed by atoms with Crippen LogP contribution in [0.25, 0.3) is 0 Å². The van der Waals surface area contributed by atoms with Crippen LogP contribution >= 0.6 is 12.2 Å². The van der Waals surface area contributed by atoms with Gasteiger partial charge in [0.15, 0.2) is 16.6 Å². The molecule has 2 aliphatic heterocycles. The van der Waals surface area contributed by atoms with Crippen LogP contribution in [0.15, 0.2) is 36.4 Å². The summed E-state index contributed by atoms with van der Waals surface area (Å²) in [6, 6.07) is 11.7. The van der Waals surface area contributed by atoms with E-state index in [1.807, 2.05) is 36.4 Å². The van der Waals surface area contributed by atoms with Crippen LogP contribution in [0.1, 0.15) is 0 Å². The molecule has 29 heavy (non-hydrogen) atoms. The van der Waals surface area contributed by atoms with Gasteiger partial charge in [0.2, 0.25) is 0 Å². The maximum Gasteiger partial charge on any atom is 0.173 e. The Morgan fingerprint density at radius 1 is 0.931 bits per heavy atom. The molecule has 0 amide bonds. The van der Waals surface area contributed by atoms with Crippen LogP contribution in [0.2, 0.25) is 0 Å². The summed E-state index contributed by atoms with van der Waals surface area (Å²) in [4.78, 5) is 4.49. The molecule has 0 aliphatic carbocycles. The largest absolute Gasteiger partial charge is 0.497 e. The molecule has 2 aromatic carbocycles. The lowest BCUT2D eigenvalue weighted by Crippen LogP contribution is -2.50. The summed E-state index contributed by atoms with van der Waals surface area (Å²) in [5.41, 5.74) is 1.97. The highest BCUT2D eigenvalue weighted by atomic mass is 32.1. The third-order valence-electron chi connectivity index (χ3n) is 5.09. The van der Waals surface area contributed by atoms with Crippen molar-refractivity contribution in [1.82, 2.24) is 4.90 Å². The molecule has 1 N–H and O–H groups in total. The number of hydrogen-bond acceptors (Lipinski definition) is 6. The summed E-state index contributed by atoms with van der Waals surface area (Å²) >= 11 is 5.63. The number of nitrogens with zero attached hydrogens (tertiary/aromatic N) is 2. The Morgan fingerprint density at radius 3 is 2.41 bits per heavy atom. The van der Waals surface area contributed by atoms with E-state index >= 15 is 0 Å². The van der Waals surface area contributed by atoms with E-state index in [1.165, 1.54) is 0 Å². The van der Waals surface area contributed by atoms with Crippen LogP contribution < -0.4 is 29.2 Å². The molecule has 2 aliphatic rings. The molecule has 0 saturated carbocycles. The van der Waals surface area contributed by atoms with Crippen LogP contribution in [0.4, 0.5) is 11.4 Å². The van der Waals surface area contributed by atoms with E-state index in [0.717, 1.165) is 60.6 Å². The van der Waals surface area contributed by atoms with E-state index in [0.29, 0.717) is 18.3 Å². The number of hydrogen-bond donors (Lipinski definition) is 1. The molecule has 0 bridgehead atoms. The maximum atomic E-state index is 5.64. The highest BCUT2D eigenvalue weighted by Crippen LogP contribution is 2.34. The number of benzene rings is 2.